The Bertz CT molecular complexity index is 93.8. The van der Waals surface area contributed by atoms with E-state index in [0.717, 1.165) is 25.9 Å². The molecule has 0 aromatic heterocycles. The van der Waals surface area contributed by atoms with Crippen molar-refractivity contribution in [2.75, 3.05) is 18.4 Å². The van der Waals surface area contributed by atoms with Crippen LogP contribution in [0.15, 0.2) is 0 Å². The van der Waals surface area contributed by atoms with Gasteiger partial charge in [-0.2, -0.15) is 0 Å². The summed E-state index contributed by atoms with van der Waals surface area (Å²) in [4.78, 5) is 0. The van der Waals surface area contributed by atoms with E-state index in [1.54, 1.807) is 0 Å². The molecule has 0 unspecified atom stereocenters. The summed E-state index contributed by atoms with van der Waals surface area (Å²) in [6.07, 6.45) is 3.02. The molecule has 0 aromatic carbocycles. The summed E-state index contributed by atoms with van der Waals surface area (Å²) >= 11 is 11.2. The quantitative estimate of drug-likeness (QED) is 0.608. The minimum atomic E-state index is 0.0590. The van der Waals surface area contributed by atoms with Gasteiger partial charge in [0, 0.05) is 11.8 Å². The van der Waals surface area contributed by atoms with Gasteiger partial charge in [-0.1, -0.05) is 0 Å². The molecule has 60 valence electrons. The highest BCUT2D eigenvalue weighted by Crippen LogP contribution is 2.33. The Morgan fingerprint density at radius 3 is 1.90 bits per heavy atom. The summed E-state index contributed by atoms with van der Waals surface area (Å²) in [5.41, 5.74) is 0.0590. The zero-order valence-electron chi connectivity index (χ0n) is 5.91. The molecular weight excluding hydrogens is 171 g/mol. The van der Waals surface area contributed by atoms with Crippen LogP contribution in [0.1, 0.15) is 19.3 Å². The average Bonchev–Trinajstić information content (AvgIpc) is 1.84. The van der Waals surface area contributed by atoms with Gasteiger partial charge >= 0.3 is 0 Å². The molecule has 0 aliphatic carbocycles. The number of halogens is 2. The van der Waals surface area contributed by atoms with Crippen LogP contribution in [0, 0.1) is 0 Å². The molecule has 1 fully saturated rings. The number of ether oxygens (including phenoxy) is 1. The van der Waals surface area contributed by atoms with Crippen molar-refractivity contribution in [1.82, 2.24) is 0 Å². The van der Waals surface area contributed by atoms with Gasteiger partial charge in [-0.3, -0.25) is 0 Å². The molecule has 1 rings (SSSR count). The molecule has 0 N–H and O–H groups in total. The summed E-state index contributed by atoms with van der Waals surface area (Å²) < 4.78 is 5.43. The Hall–Kier alpha value is 0.540. The minimum Gasteiger partial charge on any atom is -0.375 e. The molecule has 0 atom stereocenters. The topological polar surface area (TPSA) is 9.23 Å². The lowest BCUT2D eigenvalue weighted by atomic mass is 9.89. The van der Waals surface area contributed by atoms with Gasteiger partial charge in [-0.15, -0.1) is 23.2 Å². The predicted molar refractivity (Wildman–Crippen MR) is 44.0 cm³/mol. The summed E-state index contributed by atoms with van der Waals surface area (Å²) in [6.45, 7) is 0.883. The molecule has 0 radical (unpaired) electrons. The van der Waals surface area contributed by atoms with Crippen molar-refractivity contribution in [1.29, 1.82) is 0 Å². The summed E-state index contributed by atoms with van der Waals surface area (Å²) in [7, 11) is 0. The summed E-state index contributed by atoms with van der Waals surface area (Å²) in [5, 5.41) is 0. The Morgan fingerprint density at radius 2 is 1.70 bits per heavy atom. The van der Waals surface area contributed by atoms with Gasteiger partial charge < -0.3 is 4.74 Å². The molecule has 0 amide bonds. The molecule has 0 bridgehead atoms. The second-order valence-corrected chi connectivity index (χ2v) is 3.42. The van der Waals surface area contributed by atoms with Crippen molar-refractivity contribution >= 4 is 23.2 Å². The average molecular weight is 183 g/mol. The van der Waals surface area contributed by atoms with Gasteiger partial charge in [0.25, 0.3) is 0 Å². The lowest BCUT2D eigenvalue weighted by Crippen LogP contribution is -2.44. The number of hydrogen-bond donors (Lipinski definition) is 0. The fraction of sp³-hybridized carbons (Fsp3) is 1.00. The minimum absolute atomic E-state index is 0.0590. The first-order valence-corrected chi connectivity index (χ1v) is 4.66. The molecule has 1 heterocycles. The third-order valence-electron chi connectivity index (χ3n) is 2.07. The Balaban J connectivity index is 2.27. The van der Waals surface area contributed by atoms with Crippen molar-refractivity contribution in [2.24, 2.45) is 0 Å². The predicted octanol–water partition coefficient (Wildman–Crippen LogP) is 2.40. The fourth-order valence-corrected chi connectivity index (χ4v) is 1.94. The van der Waals surface area contributed by atoms with Gasteiger partial charge in [0.15, 0.2) is 0 Å². The van der Waals surface area contributed by atoms with Gasteiger partial charge in [0.1, 0.15) is 0 Å². The first-order valence-electron chi connectivity index (χ1n) is 3.59. The Labute approximate surface area is 71.6 Å². The molecule has 1 aliphatic heterocycles. The van der Waals surface area contributed by atoms with Gasteiger partial charge in [-0.05, 0) is 19.3 Å². The lowest BCUT2D eigenvalue weighted by molar-refractivity contribution is -0.149. The normalized spacial score (nSPS) is 22.2. The molecule has 1 saturated heterocycles. The van der Waals surface area contributed by atoms with Crippen molar-refractivity contribution in [2.45, 2.75) is 24.9 Å². The number of alkyl halides is 2. The standard InChI is InChI=1S/C7H12Cl2O/c8-4-1-7(2-5-9)3-6-10-7/h1-6H2. The van der Waals surface area contributed by atoms with Crippen LogP contribution in [-0.4, -0.2) is 24.0 Å². The van der Waals surface area contributed by atoms with Gasteiger partial charge in [-0.25, -0.2) is 0 Å². The Kier molecular flexibility index (Phi) is 3.28. The van der Waals surface area contributed by atoms with Crippen molar-refractivity contribution < 1.29 is 4.74 Å². The van der Waals surface area contributed by atoms with E-state index in [1.807, 2.05) is 0 Å². The number of hydrogen-bond acceptors (Lipinski definition) is 1. The highest BCUT2D eigenvalue weighted by molar-refractivity contribution is 6.18. The third kappa shape index (κ3) is 1.77. The first kappa shape index (κ1) is 8.63. The Morgan fingerprint density at radius 1 is 1.20 bits per heavy atom. The number of rotatable bonds is 4. The maximum Gasteiger partial charge on any atom is 0.0727 e. The monoisotopic (exact) mass is 182 g/mol. The third-order valence-corrected chi connectivity index (χ3v) is 2.44. The van der Waals surface area contributed by atoms with E-state index in [2.05, 4.69) is 0 Å². The van der Waals surface area contributed by atoms with Crippen LogP contribution in [0.2, 0.25) is 0 Å². The van der Waals surface area contributed by atoms with Crippen LogP contribution in [-0.2, 0) is 4.74 Å². The lowest BCUT2D eigenvalue weighted by Gasteiger charge is -2.41. The molecule has 0 spiro atoms. The maximum atomic E-state index is 5.61. The van der Waals surface area contributed by atoms with Crippen LogP contribution in [0.25, 0.3) is 0 Å². The first-order chi connectivity index (χ1) is 4.83. The summed E-state index contributed by atoms with van der Waals surface area (Å²) in [6, 6.07) is 0. The van der Waals surface area contributed by atoms with E-state index >= 15 is 0 Å². The highest BCUT2D eigenvalue weighted by Gasteiger charge is 2.36. The van der Waals surface area contributed by atoms with E-state index in [4.69, 9.17) is 27.9 Å². The van der Waals surface area contributed by atoms with Gasteiger partial charge in [0.2, 0.25) is 0 Å². The van der Waals surface area contributed by atoms with Crippen LogP contribution >= 0.6 is 23.2 Å². The largest absolute Gasteiger partial charge is 0.375 e. The van der Waals surface area contributed by atoms with Crippen LogP contribution in [0.5, 0.6) is 0 Å². The second-order valence-electron chi connectivity index (χ2n) is 2.66. The maximum absolute atomic E-state index is 5.61. The molecule has 0 saturated carbocycles. The SMILES string of the molecule is ClCCC1(CCCl)CCO1. The summed E-state index contributed by atoms with van der Waals surface area (Å²) in [5.74, 6) is 1.35. The molecular formula is C7H12Cl2O. The van der Waals surface area contributed by atoms with Crippen molar-refractivity contribution in [3.05, 3.63) is 0 Å². The highest BCUT2D eigenvalue weighted by atomic mass is 35.5. The molecule has 0 aromatic rings. The van der Waals surface area contributed by atoms with Gasteiger partial charge in [0.05, 0.1) is 12.2 Å². The van der Waals surface area contributed by atoms with Crippen molar-refractivity contribution in [3.8, 4) is 0 Å². The van der Waals surface area contributed by atoms with Crippen molar-refractivity contribution in [3.63, 3.8) is 0 Å². The van der Waals surface area contributed by atoms with Crippen LogP contribution in [0.3, 0.4) is 0 Å². The fourth-order valence-electron chi connectivity index (χ4n) is 1.25. The van der Waals surface area contributed by atoms with E-state index in [9.17, 15) is 0 Å². The van der Waals surface area contributed by atoms with E-state index in [0.29, 0.717) is 11.8 Å². The smallest absolute Gasteiger partial charge is 0.0727 e. The molecule has 10 heavy (non-hydrogen) atoms. The van der Waals surface area contributed by atoms with Crippen LogP contribution < -0.4 is 0 Å². The van der Waals surface area contributed by atoms with E-state index in [1.165, 1.54) is 0 Å². The van der Waals surface area contributed by atoms with Crippen LogP contribution in [0.4, 0.5) is 0 Å². The van der Waals surface area contributed by atoms with E-state index in [-0.39, 0.29) is 5.60 Å². The zero-order valence-corrected chi connectivity index (χ0v) is 7.42. The molecule has 3 heteroatoms. The zero-order chi connectivity index (χ0) is 7.45. The molecule has 1 nitrogen and oxygen atoms in total. The second kappa shape index (κ2) is 3.80. The molecule has 1 aliphatic rings. The van der Waals surface area contributed by atoms with E-state index < -0.39 is 0 Å².